The van der Waals surface area contributed by atoms with Crippen molar-refractivity contribution in [1.29, 1.82) is 0 Å². The van der Waals surface area contributed by atoms with Gasteiger partial charge in [-0.05, 0) is 54.1 Å². The minimum atomic E-state index is -4.13. The molecule has 7 nitrogen and oxygen atoms in total. The number of halogens is 2. The van der Waals surface area contributed by atoms with Crippen LogP contribution in [0.1, 0.15) is 18.3 Å². The van der Waals surface area contributed by atoms with Crippen molar-refractivity contribution in [1.82, 2.24) is 14.3 Å². The molecule has 0 saturated carbocycles. The molecule has 0 aliphatic carbocycles. The van der Waals surface area contributed by atoms with Crippen molar-refractivity contribution in [3.8, 4) is 16.9 Å². The van der Waals surface area contributed by atoms with Crippen LogP contribution in [0, 0.1) is 5.82 Å². The second kappa shape index (κ2) is 12.7. The van der Waals surface area contributed by atoms with Crippen LogP contribution in [-0.4, -0.2) is 60.2 Å². The predicted molar refractivity (Wildman–Crippen MR) is 141 cm³/mol. The standard InChI is InChI=1S/C26H23ClFN3O4S.Na/c1-2-25-29-23(19-9-11-20(28)12-10-19)17-31(25)21-13-7-18(8-14-21)15-16-35-26(32)30-36(33,34)24-6-4-3-5-22(24)27;/h3-14,17H,2,15-16H2,1H3,(H,30,32);. The van der Waals surface area contributed by atoms with Gasteiger partial charge in [-0.15, -0.1) is 0 Å². The molecule has 3 aromatic carbocycles. The Kier molecular flexibility index (Phi) is 9.92. The minimum absolute atomic E-state index is 0. The van der Waals surface area contributed by atoms with Crippen molar-refractivity contribution < 1.29 is 22.3 Å². The van der Waals surface area contributed by atoms with Gasteiger partial charge in [0.2, 0.25) is 0 Å². The number of amides is 1. The van der Waals surface area contributed by atoms with Crippen molar-refractivity contribution in [2.24, 2.45) is 0 Å². The topological polar surface area (TPSA) is 90.3 Å². The first-order valence-corrected chi connectivity index (χ1v) is 13.0. The maximum atomic E-state index is 13.3. The van der Waals surface area contributed by atoms with Gasteiger partial charge in [0.25, 0.3) is 10.0 Å². The average molecular weight is 551 g/mol. The zero-order valence-corrected chi connectivity index (χ0v) is 23.9. The van der Waals surface area contributed by atoms with Crippen molar-refractivity contribution in [3.05, 3.63) is 101 Å². The molecule has 37 heavy (non-hydrogen) atoms. The van der Waals surface area contributed by atoms with Gasteiger partial charge in [-0.1, -0.05) is 42.8 Å². The van der Waals surface area contributed by atoms with Crippen LogP contribution < -0.4 is 4.72 Å². The van der Waals surface area contributed by atoms with E-state index >= 15 is 0 Å². The molecule has 4 rings (SSSR count). The number of ether oxygens (including phenoxy) is 1. The third-order valence-electron chi connectivity index (χ3n) is 5.42. The predicted octanol–water partition coefficient (Wildman–Crippen LogP) is 5.17. The Bertz CT molecular complexity index is 1480. The van der Waals surface area contributed by atoms with Crippen LogP contribution in [0.2, 0.25) is 5.02 Å². The van der Waals surface area contributed by atoms with Gasteiger partial charge < -0.3 is 9.30 Å². The molecule has 0 atom stereocenters. The molecule has 0 aliphatic rings. The Morgan fingerprint density at radius 2 is 1.73 bits per heavy atom. The number of aromatic nitrogens is 2. The molecular weight excluding hydrogens is 528 g/mol. The zero-order chi connectivity index (χ0) is 25.7. The van der Waals surface area contributed by atoms with Crippen molar-refractivity contribution in [2.75, 3.05) is 6.61 Å². The van der Waals surface area contributed by atoms with E-state index in [0.29, 0.717) is 12.8 Å². The molecule has 1 amide bonds. The van der Waals surface area contributed by atoms with Gasteiger partial charge >= 0.3 is 6.09 Å². The summed E-state index contributed by atoms with van der Waals surface area (Å²) in [6.45, 7) is 2.00. The Balaban J connectivity index is 0.00000380. The quantitative estimate of drug-likeness (QED) is 0.306. The van der Waals surface area contributed by atoms with Crippen molar-refractivity contribution in [3.63, 3.8) is 0 Å². The Morgan fingerprint density at radius 3 is 2.38 bits per heavy atom. The van der Waals surface area contributed by atoms with E-state index in [9.17, 15) is 17.6 Å². The Morgan fingerprint density at radius 1 is 1.05 bits per heavy atom. The Hall–Kier alpha value is -2.69. The van der Waals surface area contributed by atoms with E-state index in [1.165, 1.54) is 30.3 Å². The van der Waals surface area contributed by atoms with Gasteiger partial charge in [-0.3, -0.25) is 0 Å². The number of aryl methyl sites for hydroxylation is 1. The molecule has 0 saturated heterocycles. The maximum absolute atomic E-state index is 13.3. The number of sulfonamides is 1. The van der Waals surface area contributed by atoms with Crippen LogP contribution in [0.15, 0.2) is 83.9 Å². The summed E-state index contributed by atoms with van der Waals surface area (Å²) in [7, 11) is -4.13. The summed E-state index contributed by atoms with van der Waals surface area (Å²) < 4.78 is 46.7. The zero-order valence-electron chi connectivity index (χ0n) is 20.3. The van der Waals surface area contributed by atoms with E-state index in [4.69, 9.17) is 16.3 Å². The number of carbonyl (C=O) groups excluding carboxylic acids is 1. The molecule has 1 aromatic heterocycles. The van der Waals surface area contributed by atoms with E-state index < -0.39 is 16.1 Å². The summed E-state index contributed by atoms with van der Waals surface area (Å²) in [6, 6.07) is 19.7. The van der Waals surface area contributed by atoms with Crippen molar-refractivity contribution in [2.45, 2.75) is 24.7 Å². The summed E-state index contributed by atoms with van der Waals surface area (Å²) in [5.41, 5.74) is 3.38. The monoisotopic (exact) mass is 550 g/mol. The van der Waals surface area contributed by atoms with E-state index in [-0.39, 0.29) is 51.9 Å². The molecule has 0 bridgehead atoms. The third-order valence-corrected chi connectivity index (χ3v) is 7.23. The van der Waals surface area contributed by atoms with Gasteiger partial charge in [-0.2, -0.15) is 0 Å². The Labute approximate surface area is 242 Å². The van der Waals surface area contributed by atoms with Gasteiger partial charge in [-0.25, -0.2) is 27.3 Å². The fourth-order valence-corrected chi connectivity index (χ4v) is 5.00. The second-order valence-corrected chi connectivity index (χ2v) is 9.92. The molecule has 1 heterocycles. The minimum Gasteiger partial charge on any atom is -0.448 e. The summed E-state index contributed by atoms with van der Waals surface area (Å²) in [5.74, 6) is 0.565. The molecule has 0 spiro atoms. The fraction of sp³-hybridized carbons (Fsp3) is 0.154. The molecule has 1 radical (unpaired) electrons. The maximum Gasteiger partial charge on any atom is 0.421 e. The van der Waals surface area contributed by atoms with Gasteiger partial charge in [0.05, 0.1) is 17.3 Å². The van der Waals surface area contributed by atoms with Gasteiger partial charge in [0.1, 0.15) is 16.5 Å². The molecule has 11 heteroatoms. The number of hydrogen-bond acceptors (Lipinski definition) is 5. The average Bonchev–Trinajstić information content (AvgIpc) is 3.29. The van der Waals surface area contributed by atoms with E-state index in [0.717, 1.165) is 28.3 Å². The number of nitrogens with one attached hydrogen (secondary N) is 1. The molecule has 0 aliphatic heterocycles. The van der Waals surface area contributed by atoms with Crippen LogP contribution in [0.5, 0.6) is 0 Å². The molecule has 187 valence electrons. The first-order chi connectivity index (χ1) is 17.3. The van der Waals surface area contributed by atoms with Crippen LogP contribution >= 0.6 is 11.6 Å². The second-order valence-electron chi connectivity index (χ2n) is 7.86. The normalized spacial score (nSPS) is 11.0. The SMILES string of the molecule is CCc1nc(-c2ccc(F)cc2)cn1-c1ccc(CCOC(=O)NS(=O)(=O)c2ccccc2Cl)cc1.[Na]. The summed E-state index contributed by atoms with van der Waals surface area (Å²) in [6.07, 6.45) is 1.94. The molecular formula is C26H23ClFN3NaO4S. The van der Waals surface area contributed by atoms with Crippen LogP contribution in [0.4, 0.5) is 9.18 Å². The van der Waals surface area contributed by atoms with E-state index in [1.807, 2.05) is 46.7 Å². The smallest absolute Gasteiger partial charge is 0.421 e. The fourth-order valence-electron chi connectivity index (χ4n) is 3.59. The molecule has 1 N–H and O–H groups in total. The number of carbonyl (C=O) groups is 1. The third kappa shape index (κ3) is 7.21. The van der Waals surface area contributed by atoms with Gasteiger partial charge in [0.15, 0.2) is 0 Å². The summed E-state index contributed by atoms with van der Waals surface area (Å²) >= 11 is 5.90. The number of benzene rings is 3. The number of rotatable bonds is 8. The first-order valence-electron chi connectivity index (χ1n) is 11.1. The number of hydrogen-bond donors (Lipinski definition) is 1. The molecule has 4 aromatic rings. The van der Waals surface area contributed by atoms with Crippen LogP contribution in [0.25, 0.3) is 16.9 Å². The van der Waals surface area contributed by atoms with Crippen LogP contribution in [-0.2, 0) is 27.6 Å². The molecule has 0 fully saturated rings. The summed E-state index contributed by atoms with van der Waals surface area (Å²) in [4.78, 5) is 16.5. The summed E-state index contributed by atoms with van der Waals surface area (Å²) in [5, 5.41) is 0.00630. The van der Waals surface area contributed by atoms with E-state index in [2.05, 4.69) is 4.98 Å². The largest absolute Gasteiger partial charge is 0.448 e. The molecule has 0 unspecified atom stereocenters. The van der Waals surface area contributed by atoms with Gasteiger partial charge in [0, 0.05) is 59.8 Å². The first kappa shape index (κ1) is 28.9. The number of nitrogens with zero attached hydrogens (tertiary/aromatic N) is 2. The van der Waals surface area contributed by atoms with Crippen molar-refractivity contribution >= 4 is 57.3 Å². The van der Waals surface area contributed by atoms with E-state index in [1.54, 1.807) is 18.2 Å². The number of imidazole rings is 1. The van der Waals surface area contributed by atoms with Crippen LogP contribution in [0.3, 0.4) is 0 Å².